The molecule has 0 fully saturated rings. The van der Waals surface area contributed by atoms with Gasteiger partial charge >= 0.3 is 0 Å². The highest BCUT2D eigenvalue weighted by Gasteiger charge is 2.16. The number of anilines is 1. The zero-order valence-electron chi connectivity index (χ0n) is 20.3. The first kappa shape index (κ1) is 25.3. The zero-order valence-corrected chi connectivity index (χ0v) is 21.8. The van der Waals surface area contributed by atoms with Crippen LogP contribution in [0.2, 0.25) is 10.0 Å². The van der Waals surface area contributed by atoms with E-state index in [0.717, 1.165) is 34.1 Å². The summed E-state index contributed by atoms with van der Waals surface area (Å²) in [6, 6.07) is 32.9. The average Bonchev–Trinajstić information content (AvgIpc) is 3.38. The van der Waals surface area contributed by atoms with E-state index in [4.69, 9.17) is 33.2 Å². The molecule has 6 nitrogen and oxygen atoms in total. The monoisotopic (exact) mass is 539 g/mol. The Hall–Kier alpha value is -4.31. The number of nitrogens with zero attached hydrogens (tertiary/aromatic N) is 5. The number of nitriles is 1. The molecule has 0 spiro atoms. The van der Waals surface area contributed by atoms with Crippen LogP contribution in [0.3, 0.4) is 0 Å². The van der Waals surface area contributed by atoms with Crippen molar-refractivity contribution in [2.75, 3.05) is 4.90 Å². The van der Waals surface area contributed by atoms with Crippen LogP contribution < -0.4 is 9.64 Å². The molecule has 5 aromatic rings. The van der Waals surface area contributed by atoms with Gasteiger partial charge in [0.15, 0.2) is 5.82 Å². The number of hydrogen-bond donors (Lipinski definition) is 0. The highest BCUT2D eigenvalue weighted by atomic mass is 35.5. The number of halogens is 2. The van der Waals surface area contributed by atoms with Crippen molar-refractivity contribution in [1.29, 1.82) is 5.26 Å². The third-order valence-electron chi connectivity index (χ3n) is 6.04. The topological polar surface area (TPSA) is 67.0 Å². The van der Waals surface area contributed by atoms with E-state index in [1.165, 1.54) is 0 Å². The summed E-state index contributed by atoms with van der Waals surface area (Å²) in [4.78, 5) is 2.17. The maximum atomic E-state index is 9.08. The van der Waals surface area contributed by atoms with E-state index in [1.54, 1.807) is 12.4 Å². The number of benzene rings is 4. The second-order valence-electron chi connectivity index (χ2n) is 8.66. The van der Waals surface area contributed by atoms with Crippen LogP contribution in [0.5, 0.6) is 11.5 Å². The van der Waals surface area contributed by atoms with E-state index in [-0.39, 0.29) is 0 Å². The van der Waals surface area contributed by atoms with Gasteiger partial charge in [-0.15, -0.1) is 10.2 Å². The van der Waals surface area contributed by atoms with Crippen LogP contribution >= 0.6 is 23.2 Å². The predicted molar refractivity (Wildman–Crippen MR) is 150 cm³/mol. The Morgan fingerprint density at radius 1 is 0.816 bits per heavy atom. The molecular weight excluding hydrogens is 517 g/mol. The molecule has 1 heterocycles. The van der Waals surface area contributed by atoms with Gasteiger partial charge in [-0.05, 0) is 65.7 Å². The van der Waals surface area contributed by atoms with E-state index in [1.807, 2.05) is 95.6 Å². The molecular formula is C30H23Cl2N5O. The fourth-order valence-corrected chi connectivity index (χ4v) is 4.43. The summed E-state index contributed by atoms with van der Waals surface area (Å²) >= 11 is 12.9. The fraction of sp³-hybridized carbons (Fsp3) is 0.100. The van der Waals surface area contributed by atoms with Crippen molar-refractivity contribution in [3.63, 3.8) is 0 Å². The summed E-state index contributed by atoms with van der Waals surface area (Å²) in [6.07, 6.45) is 1.72. The number of para-hydroxylation sites is 1. The highest BCUT2D eigenvalue weighted by molar-refractivity contribution is 6.42. The highest BCUT2D eigenvalue weighted by Crippen LogP contribution is 2.30. The van der Waals surface area contributed by atoms with Crippen molar-refractivity contribution in [1.82, 2.24) is 14.8 Å². The van der Waals surface area contributed by atoms with E-state index < -0.39 is 0 Å². The fourth-order valence-electron chi connectivity index (χ4n) is 4.05. The molecule has 5 rings (SSSR count). The number of hydrogen-bond acceptors (Lipinski definition) is 5. The van der Waals surface area contributed by atoms with Gasteiger partial charge in [0.25, 0.3) is 0 Å². The first-order valence-corrected chi connectivity index (χ1v) is 12.7. The predicted octanol–water partition coefficient (Wildman–Crippen LogP) is 7.50. The summed E-state index contributed by atoms with van der Waals surface area (Å²) in [5, 5.41) is 18.7. The standard InChI is InChI=1S/C30H23Cl2N5O/c31-28-8-4-5-24(30(28)32)19-36(25-13-15-27(16-14-25)38-26-6-2-1-3-7-26)20-29-35-34-21-37(29)18-23-11-9-22(17-33)10-12-23/h1-16,21H,18-20H2. The van der Waals surface area contributed by atoms with Crippen LogP contribution in [-0.2, 0) is 19.6 Å². The van der Waals surface area contributed by atoms with Crippen LogP contribution in [-0.4, -0.2) is 14.8 Å². The smallest absolute Gasteiger partial charge is 0.152 e. The Kier molecular flexibility index (Phi) is 7.89. The molecule has 0 aliphatic heterocycles. The molecule has 0 unspecified atom stereocenters. The van der Waals surface area contributed by atoms with Gasteiger partial charge in [0.1, 0.15) is 17.8 Å². The van der Waals surface area contributed by atoms with Gasteiger partial charge in [0.2, 0.25) is 0 Å². The average molecular weight is 540 g/mol. The van der Waals surface area contributed by atoms with Gasteiger partial charge in [0, 0.05) is 12.2 Å². The summed E-state index contributed by atoms with van der Waals surface area (Å²) < 4.78 is 7.97. The first-order valence-electron chi connectivity index (χ1n) is 12.0. The summed E-state index contributed by atoms with van der Waals surface area (Å²) in [6.45, 7) is 1.59. The number of aromatic nitrogens is 3. The molecule has 0 aliphatic rings. The molecule has 0 atom stereocenters. The van der Waals surface area contributed by atoms with E-state index in [0.29, 0.717) is 35.2 Å². The minimum atomic E-state index is 0.484. The van der Waals surface area contributed by atoms with Gasteiger partial charge in [0.05, 0.1) is 34.8 Å². The van der Waals surface area contributed by atoms with Crippen molar-refractivity contribution in [3.05, 3.63) is 136 Å². The molecule has 188 valence electrons. The second kappa shape index (κ2) is 11.8. The number of rotatable bonds is 9. The van der Waals surface area contributed by atoms with E-state index in [9.17, 15) is 0 Å². The molecule has 0 saturated heterocycles. The molecule has 0 N–H and O–H groups in total. The summed E-state index contributed by atoms with van der Waals surface area (Å²) in [7, 11) is 0. The molecule has 38 heavy (non-hydrogen) atoms. The zero-order chi connectivity index (χ0) is 26.3. The van der Waals surface area contributed by atoms with Gasteiger partial charge < -0.3 is 14.2 Å². The molecule has 1 aromatic heterocycles. The Labute approximate surface area is 231 Å². The molecule has 0 radical (unpaired) electrons. The van der Waals surface area contributed by atoms with Crippen LogP contribution in [0, 0.1) is 11.3 Å². The lowest BCUT2D eigenvalue weighted by molar-refractivity contribution is 0.482. The quantitative estimate of drug-likeness (QED) is 0.194. The third-order valence-corrected chi connectivity index (χ3v) is 6.90. The molecule has 0 aliphatic carbocycles. The van der Waals surface area contributed by atoms with Crippen molar-refractivity contribution in [3.8, 4) is 17.6 Å². The minimum Gasteiger partial charge on any atom is -0.457 e. The molecule has 0 saturated carbocycles. The van der Waals surface area contributed by atoms with Crippen LogP contribution in [0.25, 0.3) is 0 Å². The Morgan fingerprint density at radius 3 is 2.29 bits per heavy atom. The van der Waals surface area contributed by atoms with Gasteiger partial charge in [-0.25, -0.2) is 0 Å². The summed E-state index contributed by atoms with van der Waals surface area (Å²) in [5.74, 6) is 2.31. The van der Waals surface area contributed by atoms with Crippen molar-refractivity contribution in [2.45, 2.75) is 19.6 Å². The Bertz CT molecular complexity index is 1540. The lowest BCUT2D eigenvalue weighted by Gasteiger charge is -2.26. The first-order chi connectivity index (χ1) is 18.6. The molecule has 0 amide bonds. The molecule has 8 heteroatoms. The van der Waals surface area contributed by atoms with E-state index in [2.05, 4.69) is 21.2 Å². The lowest BCUT2D eigenvalue weighted by atomic mass is 10.1. The van der Waals surface area contributed by atoms with Gasteiger partial charge in [-0.3, -0.25) is 0 Å². The maximum absolute atomic E-state index is 9.08. The van der Waals surface area contributed by atoms with Crippen molar-refractivity contribution >= 4 is 28.9 Å². The lowest BCUT2D eigenvalue weighted by Crippen LogP contribution is -2.24. The SMILES string of the molecule is N#Cc1ccc(Cn2cnnc2CN(Cc2cccc(Cl)c2Cl)c2ccc(Oc3ccccc3)cc2)cc1. The Balaban J connectivity index is 1.41. The normalized spacial score (nSPS) is 10.7. The molecule has 4 aromatic carbocycles. The van der Waals surface area contributed by atoms with Crippen LogP contribution in [0.15, 0.2) is 103 Å². The van der Waals surface area contributed by atoms with Crippen LogP contribution in [0.1, 0.15) is 22.5 Å². The maximum Gasteiger partial charge on any atom is 0.152 e. The van der Waals surface area contributed by atoms with Crippen molar-refractivity contribution < 1.29 is 4.74 Å². The minimum absolute atomic E-state index is 0.484. The largest absolute Gasteiger partial charge is 0.457 e. The van der Waals surface area contributed by atoms with Crippen molar-refractivity contribution in [2.24, 2.45) is 0 Å². The van der Waals surface area contributed by atoms with Crippen LogP contribution in [0.4, 0.5) is 5.69 Å². The number of ether oxygens (including phenoxy) is 1. The second-order valence-corrected chi connectivity index (χ2v) is 9.45. The third kappa shape index (κ3) is 6.15. The Morgan fingerprint density at radius 2 is 1.55 bits per heavy atom. The van der Waals surface area contributed by atoms with Gasteiger partial charge in [-0.2, -0.15) is 5.26 Å². The van der Waals surface area contributed by atoms with E-state index >= 15 is 0 Å². The summed E-state index contributed by atoms with van der Waals surface area (Å²) in [5.41, 5.74) is 3.55. The molecule has 0 bridgehead atoms. The van der Waals surface area contributed by atoms with Gasteiger partial charge in [-0.1, -0.05) is 65.7 Å².